The molecule has 0 saturated carbocycles. The Bertz CT molecular complexity index is 1270. The van der Waals surface area contributed by atoms with Crippen LogP contribution in [0.2, 0.25) is 0 Å². The Hall–Kier alpha value is -3.31. The normalized spacial score (nSPS) is 11.3. The van der Waals surface area contributed by atoms with Crippen LogP contribution in [0.15, 0.2) is 42.5 Å². The largest absolute Gasteiger partial charge is 0.464 e. The number of carbonyl (C=O) groups excluding carboxylic acids is 1. The molecule has 0 unspecified atom stereocenters. The summed E-state index contributed by atoms with van der Waals surface area (Å²) in [5.74, 6) is -0.463. The number of benzene rings is 2. The van der Waals surface area contributed by atoms with Gasteiger partial charge in [0.15, 0.2) is 0 Å². The van der Waals surface area contributed by atoms with Crippen LogP contribution >= 0.6 is 0 Å². The highest BCUT2D eigenvalue weighted by Gasteiger charge is 2.20. The van der Waals surface area contributed by atoms with Gasteiger partial charge in [0.05, 0.1) is 35.3 Å². The molecule has 2 aromatic carbocycles. The molecule has 3 rings (SSSR count). The lowest BCUT2D eigenvalue weighted by molar-refractivity contribution is -0.140. The average Bonchev–Trinajstić information content (AvgIpc) is 3.02. The first-order valence-electron chi connectivity index (χ1n) is 9.91. The Kier molecular flexibility index (Phi) is 6.37. The second kappa shape index (κ2) is 8.82. The number of anilines is 1. The van der Waals surface area contributed by atoms with Crippen LogP contribution in [-0.2, 0) is 26.1 Å². The molecular weight excluding hydrogens is 414 g/mol. The zero-order chi connectivity index (χ0) is 22.8. The number of hydrogen-bond acceptors (Lipinski definition) is 5. The smallest absolute Gasteiger partial charge is 0.302 e. The Morgan fingerprint density at radius 2 is 1.87 bits per heavy atom. The number of carbonyl (C=O) groups is 1. The number of aromatic nitrogens is 1. The Balaban J connectivity index is 2.06. The summed E-state index contributed by atoms with van der Waals surface area (Å²) in [5.41, 5.74) is 4.80. The maximum atomic E-state index is 12.3. The zero-order valence-electron chi connectivity index (χ0n) is 18.0. The van der Waals surface area contributed by atoms with E-state index in [0.717, 1.165) is 34.0 Å². The second-order valence-corrected chi connectivity index (χ2v) is 9.23. The molecule has 3 aromatic rings. The number of nitriles is 1. The number of hydrogen-bond donors (Lipinski definition) is 0. The van der Waals surface area contributed by atoms with Crippen molar-refractivity contribution in [1.29, 1.82) is 5.26 Å². The van der Waals surface area contributed by atoms with E-state index in [9.17, 15) is 18.5 Å². The van der Waals surface area contributed by atoms with Gasteiger partial charge in [0.1, 0.15) is 12.7 Å². The molecule has 0 aliphatic carbocycles. The van der Waals surface area contributed by atoms with Crippen LogP contribution in [0.3, 0.4) is 0 Å². The molecule has 7 nitrogen and oxygen atoms in total. The minimum absolute atomic E-state index is 0.0235. The van der Waals surface area contributed by atoms with E-state index < -0.39 is 16.0 Å². The van der Waals surface area contributed by atoms with Gasteiger partial charge in [-0.1, -0.05) is 24.3 Å². The van der Waals surface area contributed by atoms with E-state index in [4.69, 9.17) is 4.74 Å². The minimum atomic E-state index is -3.56. The van der Waals surface area contributed by atoms with Crippen LogP contribution in [0.5, 0.6) is 0 Å². The molecule has 0 N–H and O–H groups in total. The van der Waals surface area contributed by atoms with Crippen LogP contribution in [0.1, 0.15) is 25.0 Å². The van der Waals surface area contributed by atoms with Crippen LogP contribution < -0.4 is 4.31 Å². The van der Waals surface area contributed by atoms with Crippen molar-refractivity contribution in [3.8, 4) is 17.3 Å². The lowest BCUT2D eigenvalue weighted by Crippen LogP contribution is -2.33. The highest BCUT2D eigenvalue weighted by atomic mass is 32.2. The summed E-state index contributed by atoms with van der Waals surface area (Å²) >= 11 is 0. The van der Waals surface area contributed by atoms with E-state index in [2.05, 4.69) is 16.7 Å². The molecule has 0 amide bonds. The van der Waals surface area contributed by atoms with Crippen molar-refractivity contribution in [3.63, 3.8) is 0 Å². The predicted octanol–water partition coefficient (Wildman–Crippen LogP) is 3.84. The summed E-state index contributed by atoms with van der Waals surface area (Å²) in [6.45, 7) is 6.00. The monoisotopic (exact) mass is 439 g/mol. The molecular formula is C23H25N3O4S. The second-order valence-electron chi connectivity index (χ2n) is 7.32. The summed E-state index contributed by atoms with van der Waals surface area (Å²) in [6, 6.07) is 15.4. The summed E-state index contributed by atoms with van der Waals surface area (Å²) in [7, 11) is -3.56. The van der Waals surface area contributed by atoms with E-state index in [1.54, 1.807) is 12.1 Å². The number of aryl methyl sites for hydroxylation is 2. The summed E-state index contributed by atoms with van der Waals surface area (Å²) < 4.78 is 32.7. The van der Waals surface area contributed by atoms with Crippen LogP contribution in [0.4, 0.5) is 5.69 Å². The predicted molar refractivity (Wildman–Crippen MR) is 121 cm³/mol. The molecule has 0 atom stereocenters. The van der Waals surface area contributed by atoms with Gasteiger partial charge in [-0.05, 0) is 43.2 Å². The van der Waals surface area contributed by atoms with Gasteiger partial charge in [0.2, 0.25) is 10.0 Å². The quantitative estimate of drug-likeness (QED) is 0.522. The van der Waals surface area contributed by atoms with Gasteiger partial charge in [0, 0.05) is 18.9 Å². The molecule has 0 fully saturated rings. The fraction of sp³-hybridized carbons (Fsp3) is 0.304. The molecule has 1 heterocycles. The van der Waals surface area contributed by atoms with Gasteiger partial charge in [0.25, 0.3) is 0 Å². The number of rotatable bonds is 7. The van der Waals surface area contributed by atoms with Crippen molar-refractivity contribution in [2.75, 3.05) is 23.7 Å². The van der Waals surface area contributed by atoms with Crippen LogP contribution in [-0.4, -0.2) is 38.4 Å². The van der Waals surface area contributed by atoms with E-state index in [0.29, 0.717) is 17.8 Å². The maximum absolute atomic E-state index is 12.3. The van der Waals surface area contributed by atoms with Gasteiger partial charge in [-0.3, -0.25) is 9.10 Å². The molecule has 8 heteroatoms. The van der Waals surface area contributed by atoms with Crippen molar-refractivity contribution in [3.05, 3.63) is 53.6 Å². The molecule has 1 aromatic heterocycles. The number of nitrogens with zero attached hydrogens (tertiary/aromatic N) is 3. The standard InChI is InChI=1S/C23H25N3O4S/c1-5-25-22-14-16(2)6-11-20(22)21(15-24)23(25)18-7-9-19(10-8-18)26(31(4,28)29)12-13-30-17(3)27/h6-11,14H,5,12-13H2,1-4H3. The Morgan fingerprint density at radius 1 is 1.19 bits per heavy atom. The first kappa shape index (κ1) is 22.4. The Morgan fingerprint density at radius 3 is 2.42 bits per heavy atom. The molecule has 0 radical (unpaired) electrons. The van der Waals surface area contributed by atoms with Crippen LogP contribution in [0.25, 0.3) is 22.2 Å². The average molecular weight is 440 g/mol. The molecule has 162 valence electrons. The fourth-order valence-electron chi connectivity index (χ4n) is 3.75. The number of esters is 1. The summed E-state index contributed by atoms with van der Waals surface area (Å²) in [4.78, 5) is 11.0. The molecule has 31 heavy (non-hydrogen) atoms. The fourth-order valence-corrected chi connectivity index (χ4v) is 4.66. The molecule has 0 saturated heterocycles. The molecule has 0 aliphatic rings. The first-order chi connectivity index (χ1) is 14.7. The highest BCUT2D eigenvalue weighted by Crippen LogP contribution is 2.35. The van der Waals surface area contributed by atoms with E-state index in [1.807, 2.05) is 38.1 Å². The summed E-state index contributed by atoms with van der Waals surface area (Å²) in [5, 5.41) is 10.8. The molecule has 0 aliphatic heterocycles. The van der Waals surface area contributed by atoms with Crippen molar-refractivity contribution in [1.82, 2.24) is 4.57 Å². The van der Waals surface area contributed by atoms with Gasteiger partial charge >= 0.3 is 5.97 Å². The van der Waals surface area contributed by atoms with Crippen molar-refractivity contribution in [2.45, 2.75) is 27.3 Å². The van der Waals surface area contributed by atoms with E-state index in [-0.39, 0.29) is 13.2 Å². The topological polar surface area (TPSA) is 92.4 Å². The molecule has 0 bridgehead atoms. The van der Waals surface area contributed by atoms with Crippen molar-refractivity contribution in [2.24, 2.45) is 0 Å². The maximum Gasteiger partial charge on any atom is 0.302 e. The lowest BCUT2D eigenvalue weighted by atomic mass is 10.1. The van der Waals surface area contributed by atoms with Gasteiger partial charge < -0.3 is 9.30 Å². The van der Waals surface area contributed by atoms with Gasteiger partial charge in [-0.15, -0.1) is 0 Å². The number of sulfonamides is 1. The SMILES string of the molecule is CCn1c(-c2ccc(N(CCOC(C)=O)S(C)(=O)=O)cc2)c(C#N)c2ccc(C)cc21. The van der Waals surface area contributed by atoms with Gasteiger partial charge in [-0.2, -0.15) is 5.26 Å². The zero-order valence-corrected chi connectivity index (χ0v) is 18.9. The van der Waals surface area contributed by atoms with E-state index >= 15 is 0 Å². The van der Waals surface area contributed by atoms with Crippen LogP contribution in [0, 0.1) is 18.3 Å². The van der Waals surface area contributed by atoms with Crippen molar-refractivity contribution < 1.29 is 17.9 Å². The van der Waals surface area contributed by atoms with E-state index in [1.165, 1.54) is 11.2 Å². The minimum Gasteiger partial charge on any atom is -0.464 e. The Labute approximate surface area is 182 Å². The number of ether oxygens (including phenoxy) is 1. The van der Waals surface area contributed by atoms with Gasteiger partial charge in [-0.25, -0.2) is 8.42 Å². The summed E-state index contributed by atoms with van der Waals surface area (Å²) in [6.07, 6.45) is 1.11. The third-order valence-corrected chi connectivity index (χ3v) is 6.27. The third kappa shape index (κ3) is 4.57. The van der Waals surface area contributed by atoms with Crippen molar-refractivity contribution >= 4 is 32.6 Å². The first-order valence-corrected chi connectivity index (χ1v) is 11.8. The third-order valence-electron chi connectivity index (χ3n) is 5.08. The number of fused-ring (bicyclic) bond motifs is 1. The molecule has 0 spiro atoms. The lowest BCUT2D eigenvalue weighted by Gasteiger charge is -2.22. The highest BCUT2D eigenvalue weighted by molar-refractivity contribution is 7.92.